The molecule has 0 atom stereocenters. The smallest absolute Gasteiger partial charge is 0.251 e. The fourth-order valence-corrected chi connectivity index (χ4v) is 3.95. The first-order chi connectivity index (χ1) is 12.7. The first kappa shape index (κ1) is 21.7. The summed E-state index contributed by atoms with van der Waals surface area (Å²) in [6.45, 7) is 2.13. The maximum absolute atomic E-state index is 12.3. The van der Waals surface area contributed by atoms with Crippen LogP contribution in [0.4, 0.5) is 5.69 Å². The first-order valence-corrected chi connectivity index (χ1v) is 10.1. The molecule has 27 heavy (non-hydrogen) atoms. The number of carbonyl (C=O) groups excluding carboxylic acids is 2. The van der Waals surface area contributed by atoms with Gasteiger partial charge in [0.15, 0.2) is 0 Å². The van der Waals surface area contributed by atoms with Crippen LogP contribution in [0.3, 0.4) is 0 Å². The lowest BCUT2D eigenvalue weighted by Gasteiger charge is -2.22. The van der Waals surface area contributed by atoms with Crippen molar-refractivity contribution in [1.29, 1.82) is 0 Å². The minimum absolute atomic E-state index is 0. The molecule has 1 heterocycles. The molecule has 3 rings (SSSR count). The van der Waals surface area contributed by atoms with Gasteiger partial charge in [0.2, 0.25) is 5.91 Å². The summed E-state index contributed by atoms with van der Waals surface area (Å²) in [7, 11) is 0. The van der Waals surface area contributed by atoms with Gasteiger partial charge in [0.25, 0.3) is 5.91 Å². The summed E-state index contributed by atoms with van der Waals surface area (Å²) in [6.07, 6.45) is 9.69. The zero-order chi connectivity index (χ0) is 18.2. The summed E-state index contributed by atoms with van der Waals surface area (Å²) < 4.78 is 0. The highest BCUT2D eigenvalue weighted by Gasteiger charge is 2.17. The van der Waals surface area contributed by atoms with Gasteiger partial charge in [0, 0.05) is 23.7 Å². The van der Waals surface area contributed by atoms with Crippen LogP contribution in [0.2, 0.25) is 0 Å². The molecule has 0 bridgehead atoms. The van der Waals surface area contributed by atoms with Crippen LogP contribution in [-0.2, 0) is 4.79 Å². The molecule has 1 saturated carbocycles. The lowest BCUT2D eigenvalue weighted by Crippen LogP contribution is -2.36. The van der Waals surface area contributed by atoms with Crippen molar-refractivity contribution in [2.24, 2.45) is 5.92 Å². The SMILES string of the molecule is Cl.O=C(CCC1CCNCC1)Nc1ccc(C(=O)NC2CCCCC2)cc1. The number of rotatable bonds is 6. The summed E-state index contributed by atoms with van der Waals surface area (Å²) in [6, 6.07) is 7.53. The van der Waals surface area contributed by atoms with Gasteiger partial charge in [0.05, 0.1) is 0 Å². The molecule has 2 fully saturated rings. The molecule has 1 aromatic rings. The van der Waals surface area contributed by atoms with Gasteiger partial charge in [-0.25, -0.2) is 0 Å². The van der Waals surface area contributed by atoms with Crippen LogP contribution in [0.1, 0.15) is 68.1 Å². The third-order valence-corrected chi connectivity index (χ3v) is 5.61. The zero-order valence-electron chi connectivity index (χ0n) is 16.0. The molecule has 0 unspecified atom stereocenters. The standard InChI is InChI=1S/C21H31N3O2.ClH/c25-20(11-6-16-12-14-22-15-13-16)23-19-9-7-17(8-10-19)21(26)24-18-4-2-1-3-5-18;/h7-10,16,18,22H,1-6,11-15H2,(H,23,25)(H,24,26);1H. The third kappa shape index (κ3) is 7.15. The Balaban J connectivity index is 0.00000261. The summed E-state index contributed by atoms with van der Waals surface area (Å²) in [5.41, 5.74) is 1.41. The minimum Gasteiger partial charge on any atom is -0.349 e. The number of carbonyl (C=O) groups is 2. The molecule has 2 aliphatic rings. The van der Waals surface area contributed by atoms with E-state index in [0.717, 1.165) is 50.9 Å². The summed E-state index contributed by atoms with van der Waals surface area (Å²) in [4.78, 5) is 24.5. The highest BCUT2D eigenvalue weighted by atomic mass is 35.5. The van der Waals surface area contributed by atoms with E-state index >= 15 is 0 Å². The van der Waals surface area contributed by atoms with Gasteiger partial charge in [-0.3, -0.25) is 9.59 Å². The van der Waals surface area contributed by atoms with Crippen LogP contribution in [0.25, 0.3) is 0 Å². The van der Waals surface area contributed by atoms with Crippen molar-refractivity contribution in [1.82, 2.24) is 10.6 Å². The molecule has 150 valence electrons. The van der Waals surface area contributed by atoms with Crippen molar-refractivity contribution in [3.8, 4) is 0 Å². The van der Waals surface area contributed by atoms with Crippen molar-refractivity contribution in [3.63, 3.8) is 0 Å². The van der Waals surface area contributed by atoms with Crippen molar-refractivity contribution >= 4 is 29.9 Å². The minimum atomic E-state index is -0.0133. The first-order valence-electron chi connectivity index (χ1n) is 10.1. The van der Waals surface area contributed by atoms with Crippen molar-refractivity contribution in [3.05, 3.63) is 29.8 Å². The Morgan fingerprint density at radius 1 is 0.963 bits per heavy atom. The van der Waals surface area contributed by atoms with E-state index in [0.29, 0.717) is 23.9 Å². The van der Waals surface area contributed by atoms with Crippen LogP contribution >= 0.6 is 12.4 Å². The molecule has 6 heteroatoms. The maximum atomic E-state index is 12.3. The lowest BCUT2D eigenvalue weighted by molar-refractivity contribution is -0.116. The predicted octanol–water partition coefficient (Wildman–Crippen LogP) is 3.89. The Morgan fingerprint density at radius 3 is 2.30 bits per heavy atom. The summed E-state index contributed by atoms with van der Waals surface area (Å²) in [5.74, 6) is 0.705. The van der Waals surface area contributed by atoms with E-state index in [2.05, 4.69) is 16.0 Å². The third-order valence-electron chi connectivity index (χ3n) is 5.61. The largest absolute Gasteiger partial charge is 0.349 e. The monoisotopic (exact) mass is 393 g/mol. The molecule has 1 saturated heterocycles. The Hall–Kier alpha value is -1.59. The van der Waals surface area contributed by atoms with Gasteiger partial charge in [-0.2, -0.15) is 0 Å². The zero-order valence-corrected chi connectivity index (χ0v) is 16.8. The number of anilines is 1. The van der Waals surface area contributed by atoms with E-state index in [1.807, 2.05) is 12.1 Å². The van der Waals surface area contributed by atoms with Crippen molar-refractivity contribution < 1.29 is 9.59 Å². The van der Waals surface area contributed by atoms with Crippen molar-refractivity contribution in [2.75, 3.05) is 18.4 Å². The Bertz CT molecular complexity index is 594. The summed E-state index contributed by atoms with van der Waals surface area (Å²) in [5, 5.41) is 9.41. The van der Waals surface area contributed by atoms with Gasteiger partial charge in [0.1, 0.15) is 0 Å². The van der Waals surface area contributed by atoms with Crippen LogP contribution in [0, 0.1) is 5.92 Å². The molecule has 0 aromatic heterocycles. The van der Waals surface area contributed by atoms with Gasteiger partial charge in [-0.15, -0.1) is 12.4 Å². The van der Waals surface area contributed by atoms with Crippen LogP contribution in [-0.4, -0.2) is 30.9 Å². The van der Waals surface area contributed by atoms with E-state index in [1.165, 1.54) is 19.3 Å². The normalized spacial score (nSPS) is 18.4. The van der Waals surface area contributed by atoms with Gasteiger partial charge in [-0.05, 0) is 75.4 Å². The van der Waals surface area contributed by atoms with Gasteiger partial charge < -0.3 is 16.0 Å². The fourth-order valence-electron chi connectivity index (χ4n) is 3.95. The molecule has 3 N–H and O–H groups in total. The van der Waals surface area contributed by atoms with Crippen LogP contribution < -0.4 is 16.0 Å². The summed E-state index contributed by atoms with van der Waals surface area (Å²) >= 11 is 0. The fraction of sp³-hybridized carbons (Fsp3) is 0.619. The second-order valence-electron chi connectivity index (χ2n) is 7.67. The predicted molar refractivity (Wildman–Crippen MR) is 111 cm³/mol. The molecule has 0 radical (unpaired) electrons. The number of hydrogen-bond donors (Lipinski definition) is 3. The number of benzene rings is 1. The van der Waals surface area contributed by atoms with Crippen molar-refractivity contribution in [2.45, 2.75) is 63.8 Å². The van der Waals surface area contributed by atoms with E-state index < -0.39 is 0 Å². The highest BCUT2D eigenvalue weighted by Crippen LogP contribution is 2.19. The van der Waals surface area contributed by atoms with E-state index in [9.17, 15) is 9.59 Å². The van der Waals surface area contributed by atoms with E-state index in [4.69, 9.17) is 0 Å². The second kappa shape index (κ2) is 11.3. The molecule has 0 spiro atoms. The average Bonchev–Trinajstić information content (AvgIpc) is 2.68. The Morgan fingerprint density at radius 2 is 1.63 bits per heavy atom. The van der Waals surface area contributed by atoms with E-state index in [1.54, 1.807) is 12.1 Å². The molecular formula is C21H32ClN3O2. The quantitative estimate of drug-likeness (QED) is 0.686. The van der Waals surface area contributed by atoms with Gasteiger partial charge >= 0.3 is 0 Å². The van der Waals surface area contributed by atoms with Gasteiger partial charge in [-0.1, -0.05) is 19.3 Å². The molecule has 5 nitrogen and oxygen atoms in total. The van der Waals surface area contributed by atoms with Crippen LogP contribution in [0.5, 0.6) is 0 Å². The molecule has 1 aromatic carbocycles. The number of nitrogens with one attached hydrogen (secondary N) is 3. The topological polar surface area (TPSA) is 70.2 Å². The number of halogens is 1. The Kier molecular flexibility index (Phi) is 9.08. The second-order valence-corrected chi connectivity index (χ2v) is 7.67. The average molecular weight is 394 g/mol. The highest BCUT2D eigenvalue weighted by molar-refractivity contribution is 5.96. The Labute approximate surface area is 168 Å². The molecule has 2 amide bonds. The maximum Gasteiger partial charge on any atom is 0.251 e. The lowest BCUT2D eigenvalue weighted by atomic mass is 9.93. The molecular weight excluding hydrogens is 362 g/mol. The molecule has 1 aliphatic heterocycles. The van der Waals surface area contributed by atoms with E-state index in [-0.39, 0.29) is 24.2 Å². The number of hydrogen-bond acceptors (Lipinski definition) is 3. The number of piperidine rings is 1. The van der Waals surface area contributed by atoms with Crippen LogP contribution in [0.15, 0.2) is 24.3 Å². The molecule has 1 aliphatic carbocycles. The number of amides is 2.